The summed E-state index contributed by atoms with van der Waals surface area (Å²) in [5.41, 5.74) is 1.72. The van der Waals surface area contributed by atoms with Crippen LogP contribution in [0, 0.1) is 5.41 Å². The Bertz CT molecular complexity index is 351. The maximum atomic E-state index is 5.73. The van der Waals surface area contributed by atoms with Crippen molar-refractivity contribution in [3.63, 3.8) is 0 Å². The van der Waals surface area contributed by atoms with Gasteiger partial charge in [0.05, 0.1) is 6.61 Å². The van der Waals surface area contributed by atoms with Gasteiger partial charge in [0.2, 0.25) is 0 Å². The molecule has 136 valence electrons. The highest BCUT2D eigenvalue weighted by atomic mass is 32.1. The number of ether oxygens (including phenoxy) is 1. The minimum Gasteiger partial charge on any atom is -0.494 e. The molecule has 23 heavy (non-hydrogen) atoms. The third-order valence-corrected chi connectivity index (χ3v) is 3.87. The third kappa shape index (κ3) is 10.7. The zero-order valence-corrected chi connectivity index (χ0v) is 17.7. The van der Waals surface area contributed by atoms with Gasteiger partial charge in [-0.1, -0.05) is 67.5 Å². The van der Waals surface area contributed by atoms with Gasteiger partial charge < -0.3 is 4.74 Å². The van der Waals surface area contributed by atoms with Crippen LogP contribution >= 0.6 is 12.6 Å². The van der Waals surface area contributed by atoms with Crippen molar-refractivity contribution in [2.24, 2.45) is 5.41 Å². The molecule has 0 aliphatic rings. The molecule has 0 aliphatic heterocycles. The number of thiol groups is 1. The molecular formula is C21H40OS. The van der Waals surface area contributed by atoms with Crippen LogP contribution in [0.15, 0.2) is 24.3 Å². The molecule has 0 fully saturated rings. The molecule has 1 atom stereocenters. The van der Waals surface area contributed by atoms with E-state index in [1.807, 2.05) is 27.7 Å². The zero-order chi connectivity index (χ0) is 18.3. The van der Waals surface area contributed by atoms with Crippen LogP contribution < -0.4 is 4.74 Å². The van der Waals surface area contributed by atoms with Gasteiger partial charge in [0.25, 0.3) is 0 Å². The van der Waals surface area contributed by atoms with Crippen molar-refractivity contribution < 1.29 is 4.74 Å². The number of rotatable bonds is 7. The second kappa shape index (κ2) is 14.9. The van der Waals surface area contributed by atoms with E-state index in [-0.39, 0.29) is 0 Å². The molecule has 0 amide bonds. The van der Waals surface area contributed by atoms with Gasteiger partial charge in [0.15, 0.2) is 0 Å². The van der Waals surface area contributed by atoms with E-state index in [4.69, 9.17) is 4.74 Å². The molecule has 0 spiro atoms. The van der Waals surface area contributed by atoms with Crippen molar-refractivity contribution >= 4 is 12.6 Å². The van der Waals surface area contributed by atoms with Gasteiger partial charge in [0, 0.05) is 0 Å². The highest BCUT2D eigenvalue weighted by molar-refractivity contribution is 7.80. The SMILES string of the molecule is CC.CC.CCC(c1ccc(OCCCCS)cc1)C(C)(C)C. The van der Waals surface area contributed by atoms with Gasteiger partial charge in [-0.2, -0.15) is 12.6 Å². The van der Waals surface area contributed by atoms with Crippen LogP contribution in [0.25, 0.3) is 0 Å². The number of hydrogen-bond acceptors (Lipinski definition) is 2. The van der Waals surface area contributed by atoms with Crippen molar-refractivity contribution in [3.8, 4) is 5.75 Å². The van der Waals surface area contributed by atoms with Crippen molar-refractivity contribution in [3.05, 3.63) is 29.8 Å². The van der Waals surface area contributed by atoms with Gasteiger partial charge in [-0.05, 0) is 54.0 Å². The lowest BCUT2D eigenvalue weighted by Gasteiger charge is -2.30. The Balaban J connectivity index is 0. The van der Waals surface area contributed by atoms with Crippen LogP contribution in [0.5, 0.6) is 5.75 Å². The average molecular weight is 341 g/mol. The van der Waals surface area contributed by atoms with Crippen molar-refractivity contribution in [1.82, 2.24) is 0 Å². The molecule has 0 bridgehead atoms. The van der Waals surface area contributed by atoms with Gasteiger partial charge in [-0.3, -0.25) is 0 Å². The van der Waals surface area contributed by atoms with Crippen LogP contribution in [0.2, 0.25) is 0 Å². The third-order valence-electron chi connectivity index (χ3n) is 3.56. The molecule has 1 unspecified atom stereocenters. The molecule has 1 aromatic rings. The second-order valence-corrected chi connectivity index (χ2v) is 6.62. The summed E-state index contributed by atoms with van der Waals surface area (Å²) in [6.07, 6.45) is 3.36. The van der Waals surface area contributed by atoms with Gasteiger partial charge in [0.1, 0.15) is 5.75 Å². The minimum absolute atomic E-state index is 0.309. The fraction of sp³-hybridized carbons (Fsp3) is 0.714. The summed E-state index contributed by atoms with van der Waals surface area (Å²) >= 11 is 4.20. The lowest BCUT2D eigenvalue weighted by atomic mass is 9.75. The molecule has 0 radical (unpaired) electrons. The van der Waals surface area contributed by atoms with Crippen LogP contribution in [0.4, 0.5) is 0 Å². The normalized spacial score (nSPS) is 11.5. The van der Waals surface area contributed by atoms with Crippen LogP contribution in [-0.4, -0.2) is 12.4 Å². The van der Waals surface area contributed by atoms with Gasteiger partial charge >= 0.3 is 0 Å². The quantitative estimate of drug-likeness (QED) is 0.403. The molecular weight excluding hydrogens is 300 g/mol. The highest BCUT2D eigenvalue weighted by Gasteiger charge is 2.24. The molecule has 1 nitrogen and oxygen atoms in total. The van der Waals surface area contributed by atoms with E-state index in [1.165, 1.54) is 12.0 Å². The largest absolute Gasteiger partial charge is 0.494 e. The Morgan fingerprint density at radius 3 is 1.87 bits per heavy atom. The van der Waals surface area contributed by atoms with Crippen molar-refractivity contribution in [1.29, 1.82) is 0 Å². The maximum absolute atomic E-state index is 5.73. The van der Waals surface area contributed by atoms with Crippen LogP contribution in [0.1, 0.15) is 86.1 Å². The summed E-state index contributed by atoms with van der Waals surface area (Å²) < 4.78 is 5.73. The number of hydrogen-bond donors (Lipinski definition) is 1. The van der Waals surface area contributed by atoms with E-state index >= 15 is 0 Å². The fourth-order valence-electron chi connectivity index (χ4n) is 2.55. The monoisotopic (exact) mass is 340 g/mol. The number of benzene rings is 1. The Morgan fingerprint density at radius 2 is 1.48 bits per heavy atom. The number of unbranched alkanes of at least 4 members (excludes halogenated alkanes) is 1. The summed E-state index contributed by atoms with van der Waals surface area (Å²) in [4.78, 5) is 0. The Hall–Kier alpha value is -0.630. The maximum Gasteiger partial charge on any atom is 0.119 e. The highest BCUT2D eigenvalue weighted by Crippen LogP contribution is 2.37. The molecule has 1 rings (SSSR count). The first-order valence-electron chi connectivity index (χ1n) is 9.32. The first kappa shape index (κ1) is 24.6. The van der Waals surface area contributed by atoms with E-state index in [0.717, 1.165) is 31.0 Å². The Labute approximate surface area is 151 Å². The average Bonchev–Trinajstić information content (AvgIpc) is 2.56. The van der Waals surface area contributed by atoms with Crippen LogP contribution in [0.3, 0.4) is 0 Å². The predicted molar refractivity (Wildman–Crippen MR) is 110 cm³/mol. The van der Waals surface area contributed by atoms with E-state index in [1.54, 1.807) is 0 Å². The molecule has 0 aromatic heterocycles. The first-order chi connectivity index (χ1) is 11.0. The van der Waals surface area contributed by atoms with Gasteiger partial charge in [-0.15, -0.1) is 0 Å². The summed E-state index contributed by atoms with van der Waals surface area (Å²) in [6, 6.07) is 8.63. The fourth-order valence-corrected chi connectivity index (χ4v) is 2.77. The predicted octanol–water partition coefficient (Wildman–Crippen LogP) is 7.37. The van der Waals surface area contributed by atoms with Gasteiger partial charge in [-0.25, -0.2) is 0 Å². The summed E-state index contributed by atoms with van der Waals surface area (Å²) in [7, 11) is 0. The van der Waals surface area contributed by atoms with E-state index in [9.17, 15) is 0 Å². The molecule has 0 N–H and O–H groups in total. The zero-order valence-electron chi connectivity index (χ0n) is 16.8. The lowest BCUT2D eigenvalue weighted by molar-refractivity contribution is 0.305. The van der Waals surface area contributed by atoms with Crippen molar-refractivity contribution in [2.45, 2.75) is 80.6 Å². The molecule has 0 heterocycles. The first-order valence-corrected chi connectivity index (χ1v) is 9.96. The summed E-state index contributed by atoms with van der Waals surface area (Å²) in [5, 5.41) is 0. The smallest absolute Gasteiger partial charge is 0.119 e. The minimum atomic E-state index is 0.309. The second-order valence-electron chi connectivity index (χ2n) is 6.18. The van der Waals surface area contributed by atoms with Crippen molar-refractivity contribution in [2.75, 3.05) is 12.4 Å². The summed E-state index contributed by atoms with van der Waals surface area (Å²) in [6.45, 7) is 18.0. The lowest BCUT2D eigenvalue weighted by Crippen LogP contribution is -2.17. The standard InChI is InChI=1S/C17H28OS.2C2H6/c1-5-16(17(2,3)4)14-8-10-15(11-9-14)18-12-6-7-13-19;2*1-2/h8-11,16,19H,5-7,12-13H2,1-4H3;2*1-2H3. The molecule has 1 aromatic carbocycles. The Kier molecular flexibility index (Phi) is 16.0. The molecule has 0 saturated carbocycles. The molecule has 0 aliphatic carbocycles. The van der Waals surface area contributed by atoms with Crippen LogP contribution in [-0.2, 0) is 0 Å². The molecule has 0 saturated heterocycles. The Morgan fingerprint density at radius 1 is 0.957 bits per heavy atom. The summed E-state index contributed by atoms with van der Waals surface area (Å²) in [5.74, 6) is 2.52. The van der Waals surface area contributed by atoms with E-state index in [0.29, 0.717) is 11.3 Å². The van der Waals surface area contributed by atoms with E-state index < -0.39 is 0 Å². The molecule has 2 heteroatoms. The van der Waals surface area contributed by atoms with E-state index in [2.05, 4.69) is 64.6 Å². The topological polar surface area (TPSA) is 9.23 Å².